The molecule has 5 rings (SSSR count). The molecule has 34 heavy (non-hydrogen) atoms. The van der Waals surface area contributed by atoms with Crippen molar-refractivity contribution in [2.45, 2.75) is 11.4 Å². The number of aromatic nitrogens is 1. The van der Waals surface area contributed by atoms with Gasteiger partial charge in [0.2, 0.25) is 0 Å². The van der Waals surface area contributed by atoms with Crippen LogP contribution in [0.2, 0.25) is 0 Å². The first kappa shape index (κ1) is 21.9. The predicted molar refractivity (Wildman–Crippen MR) is 122 cm³/mol. The summed E-state index contributed by atoms with van der Waals surface area (Å²) in [4.78, 5) is 27.3. The molecule has 1 aliphatic heterocycles. The number of rotatable bonds is 4. The number of hydrogen-bond donors (Lipinski definition) is 0. The number of esters is 1. The number of fused-ring (bicyclic) bond motifs is 5. The van der Waals surface area contributed by atoms with Crippen molar-refractivity contribution in [1.29, 1.82) is 0 Å². The monoisotopic (exact) mass is 482 g/mol. The summed E-state index contributed by atoms with van der Waals surface area (Å²) >= 11 is 0. The summed E-state index contributed by atoms with van der Waals surface area (Å²) in [5.41, 5.74) is 1.15. The lowest BCUT2D eigenvalue weighted by Gasteiger charge is -2.12. The van der Waals surface area contributed by atoms with Crippen LogP contribution in [0.25, 0.3) is 21.8 Å². The van der Waals surface area contributed by atoms with Crippen molar-refractivity contribution in [2.24, 2.45) is 0 Å². The summed E-state index contributed by atoms with van der Waals surface area (Å²) in [6, 6.07) is 10.6. The van der Waals surface area contributed by atoms with Gasteiger partial charge < -0.3 is 14.4 Å². The van der Waals surface area contributed by atoms with E-state index in [0.29, 0.717) is 27.6 Å². The highest BCUT2D eigenvalue weighted by Gasteiger charge is 2.35. The molecule has 3 aromatic carbocycles. The third-order valence-corrected chi connectivity index (χ3v) is 7.73. The van der Waals surface area contributed by atoms with E-state index >= 15 is 0 Å². The number of methoxy groups -OCH3 is 2. The maximum atomic E-state index is 13.9. The highest BCUT2D eigenvalue weighted by atomic mass is 32.2. The van der Waals surface area contributed by atoms with Crippen LogP contribution in [0.1, 0.15) is 26.3 Å². The summed E-state index contributed by atoms with van der Waals surface area (Å²) in [5.74, 6) is -1.19. The van der Waals surface area contributed by atoms with Crippen LogP contribution in [0.15, 0.2) is 53.4 Å². The summed E-state index contributed by atoms with van der Waals surface area (Å²) in [7, 11) is -0.0267. The molecule has 0 unspecified atom stereocenters. The van der Waals surface area contributed by atoms with E-state index < -0.39 is 21.8 Å². The fourth-order valence-corrected chi connectivity index (χ4v) is 5.99. The molecule has 10 heteroatoms. The highest BCUT2D eigenvalue weighted by Crippen LogP contribution is 2.42. The molecule has 0 saturated carbocycles. The molecule has 0 atom stereocenters. The van der Waals surface area contributed by atoms with E-state index in [4.69, 9.17) is 9.47 Å². The lowest BCUT2D eigenvalue weighted by molar-refractivity contribution is 0.0602. The van der Waals surface area contributed by atoms with Gasteiger partial charge in [-0.1, -0.05) is 0 Å². The Morgan fingerprint density at radius 1 is 1.06 bits per heavy atom. The third kappa shape index (κ3) is 2.98. The topological polar surface area (TPSA) is 94.9 Å². The molecule has 4 aromatic rings. The highest BCUT2D eigenvalue weighted by molar-refractivity contribution is 7.90. The lowest BCUT2D eigenvalue weighted by Crippen LogP contribution is -2.17. The van der Waals surface area contributed by atoms with Crippen LogP contribution in [0.4, 0.5) is 4.39 Å². The Hall–Kier alpha value is -3.92. The SMILES string of the molecule is COC(=O)c1cc2c(c3c4cc(OC)ccc4n(S(=O)(=O)c4ccc(F)cc4)c13)C(=O)N(C)C2. The average molecular weight is 482 g/mol. The molecule has 0 aliphatic carbocycles. The van der Waals surface area contributed by atoms with E-state index in [0.717, 1.165) is 28.2 Å². The van der Waals surface area contributed by atoms with Crippen molar-refractivity contribution < 1.29 is 31.9 Å². The zero-order chi connectivity index (χ0) is 24.4. The predicted octanol–water partition coefficient (Wildman–Crippen LogP) is 3.55. The molecular weight excluding hydrogens is 463 g/mol. The molecule has 0 spiro atoms. The summed E-state index contributed by atoms with van der Waals surface area (Å²) < 4.78 is 52.6. The fraction of sp³-hybridized carbons (Fsp3) is 0.167. The second kappa shape index (κ2) is 7.56. The van der Waals surface area contributed by atoms with Crippen LogP contribution >= 0.6 is 0 Å². The number of amides is 1. The zero-order valence-electron chi connectivity index (χ0n) is 18.5. The number of hydrogen-bond acceptors (Lipinski definition) is 6. The van der Waals surface area contributed by atoms with Crippen molar-refractivity contribution in [2.75, 3.05) is 21.3 Å². The molecule has 0 radical (unpaired) electrons. The van der Waals surface area contributed by atoms with E-state index in [1.807, 2.05) is 0 Å². The van der Waals surface area contributed by atoms with E-state index in [1.54, 1.807) is 25.2 Å². The number of halogens is 1. The van der Waals surface area contributed by atoms with Crippen LogP contribution < -0.4 is 4.74 Å². The molecule has 1 amide bonds. The number of carbonyl (C=O) groups is 2. The van der Waals surface area contributed by atoms with Gasteiger partial charge in [-0.15, -0.1) is 0 Å². The Bertz CT molecular complexity index is 1620. The quantitative estimate of drug-likeness (QED) is 0.413. The van der Waals surface area contributed by atoms with Crippen molar-refractivity contribution >= 4 is 43.7 Å². The van der Waals surface area contributed by atoms with Gasteiger partial charge >= 0.3 is 5.97 Å². The largest absolute Gasteiger partial charge is 0.497 e. The van der Waals surface area contributed by atoms with Gasteiger partial charge in [-0.3, -0.25) is 4.79 Å². The van der Waals surface area contributed by atoms with E-state index in [2.05, 4.69) is 0 Å². The van der Waals surface area contributed by atoms with Gasteiger partial charge in [0.15, 0.2) is 0 Å². The second-order valence-electron chi connectivity index (χ2n) is 7.94. The van der Waals surface area contributed by atoms with E-state index in [-0.39, 0.29) is 33.9 Å². The van der Waals surface area contributed by atoms with E-state index in [1.165, 1.54) is 25.2 Å². The molecule has 0 fully saturated rings. The molecule has 0 N–H and O–H groups in total. The summed E-state index contributed by atoms with van der Waals surface area (Å²) in [6.07, 6.45) is 0. The smallest absolute Gasteiger partial charge is 0.340 e. The molecule has 0 bridgehead atoms. The Morgan fingerprint density at radius 3 is 2.41 bits per heavy atom. The molecule has 8 nitrogen and oxygen atoms in total. The Balaban J connectivity index is 2.03. The summed E-state index contributed by atoms with van der Waals surface area (Å²) in [5, 5.41) is 0.734. The second-order valence-corrected chi connectivity index (χ2v) is 9.73. The van der Waals surface area contributed by atoms with Gasteiger partial charge in [-0.25, -0.2) is 21.6 Å². The number of ether oxygens (including phenoxy) is 2. The number of benzene rings is 3. The van der Waals surface area contributed by atoms with Crippen LogP contribution in [-0.4, -0.2) is 50.4 Å². The molecule has 174 valence electrons. The maximum absolute atomic E-state index is 13.9. The molecule has 1 aliphatic rings. The van der Waals surface area contributed by atoms with Crippen LogP contribution in [0.5, 0.6) is 5.75 Å². The molecule has 1 aromatic heterocycles. The van der Waals surface area contributed by atoms with Gasteiger partial charge in [0.1, 0.15) is 11.6 Å². The van der Waals surface area contributed by atoms with Crippen LogP contribution in [0, 0.1) is 5.82 Å². The van der Waals surface area contributed by atoms with Gasteiger partial charge in [-0.05, 0) is 54.1 Å². The first-order chi connectivity index (χ1) is 16.2. The van der Waals surface area contributed by atoms with Crippen molar-refractivity contribution in [1.82, 2.24) is 8.87 Å². The fourth-order valence-electron chi connectivity index (χ4n) is 4.46. The van der Waals surface area contributed by atoms with Gasteiger partial charge in [0.25, 0.3) is 15.9 Å². The standard InChI is InChI=1S/C24H19FN2O6S/c1-26-12-13-10-18(24(29)33-3)22-21(20(13)23(26)28)17-11-15(32-2)6-9-19(17)27(22)34(30,31)16-7-4-14(25)5-8-16/h4-11H,12H2,1-3H3. The third-order valence-electron chi connectivity index (χ3n) is 6.00. The summed E-state index contributed by atoms with van der Waals surface area (Å²) in [6.45, 7) is 0.259. The van der Waals surface area contributed by atoms with Crippen molar-refractivity contribution in [3.63, 3.8) is 0 Å². The Kier molecular flexibility index (Phi) is 4.87. The number of nitrogens with zero attached hydrogens (tertiary/aromatic N) is 2. The van der Waals surface area contributed by atoms with Crippen LogP contribution in [0.3, 0.4) is 0 Å². The van der Waals surface area contributed by atoms with Gasteiger partial charge in [0, 0.05) is 24.4 Å². The minimum atomic E-state index is -4.32. The first-order valence-electron chi connectivity index (χ1n) is 10.2. The van der Waals surface area contributed by atoms with Gasteiger partial charge in [-0.2, -0.15) is 0 Å². The Morgan fingerprint density at radius 2 is 1.76 bits per heavy atom. The minimum absolute atomic E-state index is 0.000188. The van der Waals surface area contributed by atoms with Crippen molar-refractivity contribution in [3.05, 3.63) is 71.0 Å². The lowest BCUT2D eigenvalue weighted by atomic mass is 9.98. The minimum Gasteiger partial charge on any atom is -0.497 e. The first-order valence-corrected chi connectivity index (χ1v) is 11.7. The molecule has 2 heterocycles. The zero-order valence-corrected chi connectivity index (χ0v) is 19.3. The molecule has 0 saturated heterocycles. The van der Waals surface area contributed by atoms with Crippen LogP contribution in [-0.2, 0) is 21.3 Å². The van der Waals surface area contributed by atoms with E-state index in [9.17, 15) is 22.4 Å². The molecular formula is C24H19FN2O6S. The number of carbonyl (C=O) groups excluding carboxylic acids is 2. The van der Waals surface area contributed by atoms with Crippen molar-refractivity contribution in [3.8, 4) is 5.75 Å². The average Bonchev–Trinajstić information content (AvgIpc) is 3.31. The normalized spacial score (nSPS) is 13.5. The Labute approximate surface area is 194 Å². The van der Waals surface area contributed by atoms with Gasteiger partial charge in [0.05, 0.1) is 41.3 Å². The maximum Gasteiger partial charge on any atom is 0.340 e.